The molecule has 2 fully saturated rings. The van der Waals surface area contributed by atoms with Crippen LogP contribution in [0.2, 0.25) is 0 Å². The van der Waals surface area contributed by atoms with E-state index in [1.807, 2.05) is 36.4 Å². The molecule has 1 N–H and O–H groups in total. The van der Waals surface area contributed by atoms with E-state index in [0.29, 0.717) is 15.8 Å². The third-order valence-corrected chi connectivity index (χ3v) is 5.17. The minimum Gasteiger partial charge on any atom is -0.497 e. The number of anilines is 1. The Morgan fingerprint density at radius 2 is 1.93 bits per heavy atom. The van der Waals surface area contributed by atoms with Crippen molar-refractivity contribution in [1.29, 1.82) is 0 Å². The lowest BCUT2D eigenvalue weighted by Crippen LogP contribution is -2.19. The molecule has 2 saturated heterocycles. The summed E-state index contributed by atoms with van der Waals surface area (Å²) in [5, 5.41) is 3.34. The Bertz CT molecular complexity index is 871. The number of carbonyl (C=O) groups excluding carboxylic acids is 1. The van der Waals surface area contributed by atoms with Crippen molar-refractivity contribution in [1.82, 2.24) is 5.32 Å². The number of hydrogen-bond donors (Lipinski definition) is 1. The molecule has 0 aliphatic carbocycles. The first-order chi connectivity index (χ1) is 12.7. The van der Waals surface area contributed by atoms with Gasteiger partial charge in [-0.3, -0.25) is 4.79 Å². The fourth-order valence-corrected chi connectivity index (χ4v) is 3.73. The first-order valence-corrected chi connectivity index (χ1v) is 9.31. The molecule has 0 spiro atoms. The van der Waals surface area contributed by atoms with Gasteiger partial charge < -0.3 is 19.4 Å². The van der Waals surface area contributed by atoms with Crippen LogP contribution in [-0.4, -0.2) is 31.3 Å². The zero-order valence-corrected chi connectivity index (χ0v) is 16.4. The van der Waals surface area contributed by atoms with Gasteiger partial charge in [0.2, 0.25) is 0 Å². The summed E-state index contributed by atoms with van der Waals surface area (Å²) < 4.78 is 11.0. The molecule has 0 radical (unpaired) electrons. The smallest absolute Gasteiger partial charge is 0.264 e. The van der Waals surface area contributed by atoms with Crippen LogP contribution in [0.5, 0.6) is 5.75 Å². The molecule has 2 aliphatic heterocycles. The summed E-state index contributed by atoms with van der Waals surface area (Å²) >= 11 is 1.31. The predicted octanol–water partition coefficient (Wildman–Crippen LogP) is 4.20. The van der Waals surface area contributed by atoms with Crippen LogP contribution in [0.4, 0.5) is 11.6 Å². The highest BCUT2D eigenvalue weighted by atomic mass is 35.5. The van der Waals surface area contributed by atoms with E-state index in [2.05, 4.69) is 15.2 Å². The molecule has 4 rings (SSSR count). The molecule has 1 amide bonds. The first-order valence-electron chi connectivity index (χ1n) is 8.50. The molecule has 142 valence electrons. The molecule has 0 saturated carbocycles. The topological polar surface area (TPSA) is 67.1 Å². The van der Waals surface area contributed by atoms with Crippen LogP contribution in [-0.2, 0) is 4.79 Å². The van der Waals surface area contributed by atoms with Gasteiger partial charge in [0.1, 0.15) is 11.5 Å². The molecular weight excluding hydrogens is 386 g/mol. The Labute approximate surface area is 168 Å². The third-order valence-electron chi connectivity index (χ3n) is 4.26. The Hall–Kier alpha value is -2.38. The van der Waals surface area contributed by atoms with Gasteiger partial charge in [-0.15, -0.1) is 12.4 Å². The van der Waals surface area contributed by atoms with Crippen molar-refractivity contribution >= 4 is 52.9 Å². The summed E-state index contributed by atoms with van der Waals surface area (Å²) in [4.78, 5) is 19.4. The maximum Gasteiger partial charge on any atom is 0.264 e. The number of aliphatic imine (C=N–C) groups is 1. The van der Waals surface area contributed by atoms with Crippen molar-refractivity contribution < 1.29 is 13.9 Å². The summed E-state index contributed by atoms with van der Waals surface area (Å²) in [7, 11) is 1.62. The van der Waals surface area contributed by atoms with E-state index in [4.69, 9.17) is 9.15 Å². The number of nitrogens with zero attached hydrogens (tertiary/aromatic N) is 2. The van der Waals surface area contributed by atoms with Crippen molar-refractivity contribution in [3.63, 3.8) is 0 Å². The number of amides is 1. The number of methoxy groups -OCH3 is 1. The number of thioether (sulfide) groups is 1. The Balaban J connectivity index is 0.00000210. The van der Waals surface area contributed by atoms with Crippen molar-refractivity contribution in [2.45, 2.75) is 12.8 Å². The zero-order chi connectivity index (χ0) is 17.9. The number of carbonyl (C=O) groups is 1. The number of benzene rings is 1. The van der Waals surface area contributed by atoms with Gasteiger partial charge in [-0.25, -0.2) is 4.99 Å². The van der Waals surface area contributed by atoms with Crippen molar-refractivity contribution in [2.24, 2.45) is 4.99 Å². The van der Waals surface area contributed by atoms with Crippen LogP contribution >= 0.6 is 24.2 Å². The lowest BCUT2D eigenvalue weighted by atomic mass is 10.3. The zero-order valence-electron chi connectivity index (χ0n) is 14.8. The number of furan rings is 1. The van der Waals surface area contributed by atoms with Gasteiger partial charge in [0.25, 0.3) is 5.91 Å². The lowest BCUT2D eigenvalue weighted by Gasteiger charge is -2.12. The van der Waals surface area contributed by atoms with Crippen LogP contribution in [0, 0.1) is 0 Å². The number of halogens is 1. The Morgan fingerprint density at radius 3 is 2.63 bits per heavy atom. The molecule has 1 aromatic carbocycles. The number of hydrogen-bond acceptors (Lipinski definition) is 6. The van der Waals surface area contributed by atoms with E-state index in [9.17, 15) is 4.79 Å². The molecule has 27 heavy (non-hydrogen) atoms. The van der Waals surface area contributed by atoms with Crippen molar-refractivity contribution in [3.05, 3.63) is 47.1 Å². The van der Waals surface area contributed by atoms with Crippen LogP contribution in [0.3, 0.4) is 0 Å². The maximum absolute atomic E-state index is 12.2. The van der Waals surface area contributed by atoms with Gasteiger partial charge in [-0.05, 0) is 54.9 Å². The van der Waals surface area contributed by atoms with Gasteiger partial charge >= 0.3 is 0 Å². The maximum atomic E-state index is 12.2. The van der Waals surface area contributed by atoms with Gasteiger partial charge in [-0.1, -0.05) is 0 Å². The van der Waals surface area contributed by atoms with Crippen LogP contribution in [0.15, 0.2) is 50.7 Å². The largest absolute Gasteiger partial charge is 0.497 e. The van der Waals surface area contributed by atoms with Gasteiger partial charge in [-0.2, -0.15) is 0 Å². The summed E-state index contributed by atoms with van der Waals surface area (Å²) in [6.45, 7) is 2.05. The first kappa shape index (κ1) is 19.4. The second-order valence-electron chi connectivity index (χ2n) is 6.05. The van der Waals surface area contributed by atoms with Crippen molar-refractivity contribution in [3.8, 4) is 5.75 Å². The fourth-order valence-electron chi connectivity index (χ4n) is 2.91. The van der Waals surface area contributed by atoms with E-state index >= 15 is 0 Å². The number of amidine groups is 1. The van der Waals surface area contributed by atoms with Crippen LogP contribution in [0.1, 0.15) is 18.6 Å². The highest BCUT2D eigenvalue weighted by molar-refractivity contribution is 8.18. The second kappa shape index (κ2) is 8.54. The lowest BCUT2D eigenvalue weighted by molar-refractivity contribution is -0.115. The van der Waals surface area contributed by atoms with E-state index in [0.717, 1.165) is 30.4 Å². The van der Waals surface area contributed by atoms with E-state index < -0.39 is 0 Å². The average Bonchev–Trinajstić information content (AvgIpc) is 3.38. The Morgan fingerprint density at radius 1 is 1.19 bits per heavy atom. The number of rotatable bonds is 4. The normalized spacial score (nSPS) is 19.4. The summed E-state index contributed by atoms with van der Waals surface area (Å²) in [6.07, 6.45) is 4.15. The minimum absolute atomic E-state index is 0. The number of ether oxygens (including phenoxy) is 1. The standard InChI is InChI=1S/C19H19N3O3S.ClH/c1-24-14-6-4-13(5-7-14)20-19-21-18(23)16(26-19)12-15-8-9-17(25-15)22-10-2-3-11-22;/h4-9,12H,2-3,10-11H2,1H3,(H,20,21,23);1H. The quantitative estimate of drug-likeness (QED) is 0.772. The second-order valence-corrected chi connectivity index (χ2v) is 7.08. The average molecular weight is 406 g/mol. The van der Waals surface area contributed by atoms with E-state index in [1.54, 1.807) is 13.2 Å². The van der Waals surface area contributed by atoms with E-state index in [-0.39, 0.29) is 18.3 Å². The van der Waals surface area contributed by atoms with Crippen molar-refractivity contribution in [2.75, 3.05) is 25.1 Å². The minimum atomic E-state index is -0.165. The van der Waals surface area contributed by atoms with Gasteiger partial charge in [0, 0.05) is 25.2 Å². The number of nitrogens with one attached hydrogen (secondary N) is 1. The fraction of sp³-hybridized carbons (Fsp3) is 0.263. The molecule has 2 aliphatic rings. The molecule has 3 heterocycles. The highest BCUT2D eigenvalue weighted by Crippen LogP contribution is 2.30. The van der Waals surface area contributed by atoms with Crippen LogP contribution in [0.25, 0.3) is 6.08 Å². The summed E-state index contributed by atoms with van der Waals surface area (Å²) in [6, 6.07) is 11.2. The molecule has 8 heteroatoms. The van der Waals surface area contributed by atoms with Crippen LogP contribution < -0.4 is 15.0 Å². The summed E-state index contributed by atoms with van der Waals surface area (Å²) in [5.74, 6) is 2.14. The molecule has 1 aromatic heterocycles. The highest BCUT2D eigenvalue weighted by Gasteiger charge is 2.24. The molecular formula is C19H20ClN3O3S. The van der Waals surface area contributed by atoms with Gasteiger partial charge in [0.15, 0.2) is 11.1 Å². The molecule has 6 nitrogen and oxygen atoms in total. The predicted molar refractivity (Wildman–Crippen MR) is 111 cm³/mol. The van der Waals surface area contributed by atoms with Gasteiger partial charge in [0.05, 0.1) is 17.7 Å². The SMILES string of the molecule is COc1ccc(N=C2NC(=O)C(=Cc3ccc(N4CCCC4)o3)S2)cc1.Cl. The van der Waals surface area contributed by atoms with E-state index in [1.165, 1.54) is 24.6 Å². The summed E-state index contributed by atoms with van der Waals surface area (Å²) in [5.41, 5.74) is 0.754. The molecule has 2 aromatic rings. The monoisotopic (exact) mass is 405 g/mol. The third kappa shape index (κ3) is 4.48. The Kier molecular flexibility index (Phi) is 6.13. The molecule has 0 unspecified atom stereocenters. The molecule has 0 bridgehead atoms. The molecule has 0 atom stereocenters.